The Morgan fingerprint density at radius 1 is 1.03 bits per heavy atom. The van der Waals surface area contributed by atoms with E-state index in [0.717, 1.165) is 0 Å². The standard InChI is InChI=1S/C20H21F2N3O5S/c21-20(22)30-18-9-5-4-6-16(18)14-23-29-15-19(26)24-10-12-25(13-11-24)31(27,28)17-7-2-1-3-8-17/h1-9,14,20H,10-13,15H2/b23-14-. The maximum Gasteiger partial charge on any atom is 0.387 e. The van der Waals surface area contributed by atoms with Gasteiger partial charge in [0.05, 0.1) is 11.1 Å². The van der Waals surface area contributed by atoms with Crippen molar-refractivity contribution >= 4 is 22.1 Å². The van der Waals surface area contributed by atoms with Gasteiger partial charge in [0.15, 0.2) is 6.61 Å². The lowest BCUT2D eigenvalue weighted by atomic mass is 10.2. The molecule has 2 aromatic carbocycles. The van der Waals surface area contributed by atoms with Gasteiger partial charge in [0.2, 0.25) is 10.0 Å². The molecule has 11 heteroatoms. The number of halogens is 2. The summed E-state index contributed by atoms with van der Waals surface area (Å²) in [6.07, 6.45) is 1.18. The number of carbonyl (C=O) groups is 1. The lowest BCUT2D eigenvalue weighted by Gasteiger charge is -2.33. The first-order valence-corrected chi connectivity index (χ1v) is 10.8. The van der Waals surface area contributed by atoms with Gasteiger partial charge in [-0.2, -0.15) is 13.1 Å². The molecule has 0 atom stereocenters. The molecule has 0 aliphatic carbocycles. The molecule has 1 aliphatic heterocycles. The summed E-state index contributed by atoms with van der Waals surface area (Å²) >= 11 is 0. The van der Waals surface area contributed by atoms with E-state index in [0.29, 0.717) is 0 Å². The Bertz CT molecular complexity index is 1010. The highest BCUT2D eigenvalue weighted by molar-refractivity contribution is 7.89. The number of nitrogens with zero attached hydrogens (tertiary/aromatic N) is 3. The zero-order valence-electron chi connectivity index (χ0n) is 16.4. The van der Waals surface area contributed by atoms with Gasteiger partial charge >= 0.3 is 6.61 Å². The second kappa shape index (κ2) is 10.3. The Morgan fingerprint density at radius 2 is 1.68 bits per heavy atom. The minimum Gasteiger partial charge on any atom is -0.434 e. The van der Waals surface area contributed by atoms with Crippen LogP contribution in [0.15, 0.2) is 64.6 Å². The summed E-state index contributed by atoms with van der Waals surface area (Å²) in [6.45, 7) is -2.54. The average molecular weight is 453 g/mol. The third kappa shape index (κ3) is 5.98. The van der Waals surface area contributed by atoms with E-state index in [1.54, 1.807) is 24.3 Å². The van der Waals surface area contributed by atoms with E-state index in [4.69, 9.17) is 4.84 Å². The highest BCUT2D eigenvalue weighted by Gasteiger charge is 2.30. The third-order valence-corrected chi connectivity index (χ3v) is 6.47. The largest absolute Gasteiger partial charge is 0.434 e. The molecule has 1 heterocycles. The normalized spacial score (nSPS) is 15.4. The minimum atomic E-state index is -3.60. The van der Waals surface area contributed by atoms with Crippen molar-refractivity contribution in [2.75, 3.05) is 32.8 Å². The molecular weight excluding hydrogens is 432 g/mol. The van der Waals surface area contributed by atoms with Gasteiger partial charge in [-0.25, -0.2) is 8.42 Å². The summed E-state index contributed by atoms with van der Waals surface area (Å²) in [5.41, 5.74) is 0.273. The van der Waals surface area contributed by atoms with Crippen molar-refractivity contribution in [3.05, 3.63) is 60.2 Å². The van der Waals surface area contributed by atoms with Crippen molar-refractivity contribution in [2.45, 2.75) is 11.5 Å². The van der Waals surface area contributed by atoms with Crippen molar-refractivity contribution in [3.63, 3.8) is 0 Å². The van der Waals surface area contributed by atoms with Gasteiger partial charge in [-0.15, -0.1) is 0 Å². The highest BCUT2D eigenvalue weighted by atomic mass is 32.2. The zero-order valence-corrected chi connectivity index (χ0v) is 17.2. The van der Waals surface area contributed by atoms with Crippen LogP contribution in [-0.4, -0.2) is 69.1 Å². The Hall–Kier alpha value is -3.05. The lowest BCUT2D eigenvalue weighted by Crippen LogP contribution is -2.51. The number of oxime groups is 1. The van der Waals surface area contributed by atoms with Crippen molar-refractivity contribution in [3.8, 4) is 5.75 Å². The second-order valence-electron chi connectivity index (χ2n) is 6.52. The molecule has 2 aromatic rings. The number of ether oxygens (including phenoxy) is 1. The Kier molecular flexibility index (Phi) is 7.53. The molecule has 3 rings (SSSR count). The zero-order chi connectivity index (χ0) is 22.3. The second-order valence-corrected chi connectivity index (χ2v) is 8.46. The van der Waals surface area contributed by atoms with E-state index >= 15 is 0 Å². The first-order valence-electron chi connectivity index (χ1n) is 9.40. The number of hydrogen-bond donors (Lipinski definition) is 0. The molecule has 1 fully saturated rings. The van der Waals surface area contributed by atoms with Crippen LogP contribution in [0.3, 0.4) is 0 Å². The summed E-state index contributed by atoms with van der Waals surface area (Å²) in [4.78, 5) is 19.0. The summed E-state index contributed by atoms with van der Waals surface area (Å²) in [5.74, 6) is -0.419. The van der Waals surface area contributed by atoms with Crippen LogP contribution in [0, 0.1) is 0 Å². The summed E-state index contributed by atoms with van der Waals surface area (Å²) in [7, 11) is -3.60. The summed E-state index contributed by atoms with van der Waals surface area (Å²) in [5, 5.41) is 3.63. The van der Waals surface area contributed by atoms with E-state index in [2.05, 4.69) is 9.89 Å². The Balaban J connectivity index is 1.48. The number of alkyl halides is 2. The molecule has 1 saturated heterocycles. The third-order valence-electron chi connectivity index (χ3n) is 4.56. The fraction of sp³-hybridized carbons (Fsp3) is 0.300. The van der Waals surface area contributed by atoms with Crippen molar-refractivity contribution in [1.82, 2.24) is 9.21 Å². The molecule has 0 N–H and O–H groups in total. The van der Waals surface area contributed by atoms with Gasteiger partial charge in [0.25, 0.3) is 5.91 Å². The molecule has 166 valence electrons. The van der Waals surface area contributed by atoms with Gasteiger partial charge in [0, 0.05) is 31.7 Å². The van der Waals surface area contributed by atoms with Crippen LogP contribution >= 0.6 is 0 Å². The molecular formula is C20H21F2N3O5S. The first kappa shape index (κ1) is 22.6. The van der Waals surface area contributed by atoms with Crippen LogP contribution in [0.1, 0.15) is 5.56 Å². The van der Waals surface area contributed by atoms with Gasteiger partial charge < -0.3 is 14.5 Å². The maximum absolute atomic E-state index is 12.6. The minimum absolute atomic E-state index is 0.0630. The van der Waals surface area contributed by atoms with Gasteiger partial charge in [-0.3, -0.25) is 4.79 Å². The van der Waals surface area contributed by atoms with Crippen LogP contribution < -0.4 is 4.74 Å². The number of piperazine rings is 1. The number of amides is 1. The van der Waals surface area contributed by atoms with E-state index in [-0.39, 0.29) is 54.9 Å². The molecule has 0 bridgehead atoms. The number of carbonyl (C=O) groups excluding carboxylic acids is 1. The quantitative estimate of drug-likeness (QED) is 0.452. The van der Waals surface area contributed by atoms with E-state index in [1.165, 1.54) is 45.8 Å². The predicted molar refractivity (Wildman–Crippen MR) is 108 cm³/mol. The highest BCUT2D eigenvalue weighted by Crippen LogP contribution is 2.19. The number of sulfonamides is 1. The maximum atomic E-state index is 12.6. The monoisotopic (exact) mass is 453 g/mol. The van der Waals surface area contributed by atoms with Crippen LogP contribution in [0.5, 0.6) is 5.75 Å². The topological polar surface area (TPSA) is 88.5 Å². The molecule has 8 nitrogen and oxygen atoms in total. The molecule has 0 spiro atoms. The lowest BCUT2D eigenvalue weighted by molar-refractivity contribution is -0.137. The van der Waals surface area contributed by atoms with Gasteiger partial charge in [-0.1, -0.05) is 35.5 Å². The number of para-hydroxylation sites is 1. The molecule has 0 radical (unpaired) electrons. The first-order chi connectivity index (χ1) is 14.9. The van der Waals surface area contributed by atoms with Crippen LogP contribution in [0.2, 0.25) is 0 Å². The molecule has 0 aromatic heterocycles. The number of benzene rings is 2. The average Bonchev–Trinajstić information content (AvgIpc) is 2.78. The Morgan fingerprint density at radius 3 is 2.35 bits per heavy atom. The van der Waals surface area contributed by atoms with E-state index in [1.807, 2.05) is 0 Å². The van der Waals surface area contributed by atoms with Gasteiger partial charge in [-0.05, 0) is 24.3 Å². The van der Waals surface area contributed by atoms with Crippen LogP contribution in [0.4, 0.5) is 8.78 Å². The SMILES string of the molecule is O=C(CO/N=C\c1ccccc1OC(F)F)N1CCN(S(=O)(=O)c2ccccc2)CC1. The van der Waals surface area contributed by atoms with Gasteiger partial charge in [0.1, 0.15) is 5.75 Å². The summed E-state index contributed by atoms with van der Waals surface area (Å²) < 4.78 is 55.8. The van der Waals surface area contributed by atoms with Crippen molar-refractivity contribution in [2.24, 2.45) is 5.16 Å². The van der Waals surface area contributed by atoms with Crippen LogP contribution in [-0.2, 0) is 19.7 Å². The summed E-state index contributed by atoms with van der Waals surface area (Å²) in [6, 6.07) is 14.1. The molecule has 0 saturated carbocycles. The number of rotatable bonds is 8. The van der Waals surface area contributed by atoms with Crippen molar-refractivity contribution < 1.29 is 31.6 Å². The van der Waals surface area contributed by atoms with E-state index < -0.39 is 16.6 Å². The molecule has 0 unspecified atom stereocenters. The number of hydrogen-bond acceptors (Lipinski definition) is 6. The fourth-order valence-corrected chi connectivity index (χ4v) is 4.43. The van der Waals surface area contributed by atoms with E-state index in [9.17, 15) is 22.0 Å². The van der Waals surface area contributed by atoms with Crippen molar-refractivity contribution in [1.29, 1.82) is 0 Å². The molecule has 1 amide bonds. The van der Waals surface area contributed by atoms with Crippen LogP contribution in [0.25, 0.3) is 0 Å². The Labute approximate surface area is 178 Å². The predicted octanol–water partition coefficient (Wildman–Crippen LogP) is 2.17. The smallest absolute Gasteiger partial charge is 0.387 e. The molecule has 1 aliphatic rings. The fourth-order valence-electron chi connectivity index (χ4n) is 2.99. The molecule has 31 heavy (non-hydrogen) atoms.